The fourth-order valence-electron chi connectivity index (χ4n) is 2.85. The molecule has 4 nitrogen and oxygen atoms in total. The second-order valence-corrected chi connectivity index (χ2v) is 6.22. The molecule has 0 N–H and O–H groups in total. The Morgan fingerprint density at radius 3 is 2.10 bits per heavy atom. The smallest absolute Gasteiger partial charge is 0.333 e. The average Bonchev–Trinajstić information content (AvgIpc) is 2.74. The number of halogens is 2. The van der Waals surface area contributed by atoms with Gasteiger partial charge in [-0.2, -0.15) is 0 Å². The van der Waals surface area contributed by atoms with Crippen LogP contribution >= 0.6 is 0 Å². The molecule has 0 atom stereocenters. The van der Waals surface area contributed by atoms with Crippen LogP contribution in [0.4, 0.5) is 8.78 Å². The van der Waals surface area contributed by atoms with Gasteiger partial charge in [0.1, 0.15) is 23.1 Å². The van der Waals surface area contributed by atoms with Gasteiger partial charge in [-0.15, -0.1) is 0 Å². The van der Waals surface area contributed by atoms with E-state index >= 15 is 0 Å². The number of carbonyl (C=O) groups is 1. The Morgan fingerprint density at radius 1 is 0.867 bits per heavy atom. The number of benzene rings is 3. The van der Waals surface area contributed by atoms with Crippen molar-refractivity contribution in [2.24, 2.45) is 0 Å². The van der Waals surface area contributed by atoms with E-state index in [-0.39, 0.29) is 6.79 Å². The third-order valence-electron chi connectivity index (χ3n) is 4.29. The largest absolute Gasteiger partial charge is 0.494 e. The minimum Gasteiger partial charge on any atom is -0.494 e. The van der Waals surface area contributed by atoms with Gasteiger partial charge < -0.3 is 14.2 Å². The lowest BCUT2D eigenvalue weighted by atomic mass is 9.99. The van der Waals surface area contributed by atoms with E-state index in [0.717, 1.165) is 6.08 Å². The summed E-state index contributed by atoms with van der Waals surface area (Å²) in [6.45, 7) is 5.29. The third kappa shape index (κ3) is 5.03. The second-order valence-electron chi connectivity index (χ2n) is 6.22. The molecule has 0 radical (unpaired) electrons. The van der Waals surface area contributed by atoms with E-state index in [2.05, 4.69) is 6.58 Å². The molecule has 0 fully saturated rings. The number of hydrogen-bond acceptors (Lipinski definition) is 4. The van der Waals surface area contributed by atoms with Gasteiger partial charge in [0.2, 0.25) is 6.79 Å². The highest BCUT2D eigenvalue weighted by atomic mass is 19.1. The highest BCUT2D eigenvalue weighted by Gasteiger charge is 2.11. The van der Waals surface area contributed by atoms with Gasteiger partial charge in [0.25, 0.3) is 0 Å². The lowest BCUT2D eigenvalue weighted by Gasteiger charge is -2.10. The van der Waals surface area contributed by atoms with Gasteiger partial charge in [0.15, 0.2) is 0 Å². The fourth-order valence-corrected chi connectivity index (χ4v) is 2.85. The van der Waals surface area contributed by atoms with E-state index in [1.54, 1.807) is 48.5 Å². The van der Waals surface area contributed by atoms with Gasteiger partial charge in [-0.1, -0.05) is 30.8 Å². The molecule has 3 aromatic rings. The number of esters is 1. The Kier molecular flexibility index (Phi) is 6.80. The summed E-state index contributed by atoms with van der Waals surface area (Å²) >= 11 is 0. The fraction of sp³-hybridized carbons (Fsp3) is 0.125. The summed E-state index contributed by atoms with van der Waals surface area (Å²) in [4.78, 5) is 11.0. The zero-order valence-electron chi connectivity index (χ0n) is 16.4. The topological polar surface area (TPSA) is 44.8 Å². The van der Waals surface area contributed by atoms with Crippen molar-refractivity contribution >= 4 is 5.97 Å². The van der Waals surface area contributed by atoms with Crippen LogP contribution in [0.25, 0.3) is 22.3 Å². The molecule has 0 spiro atoms. The zero-order chi connectivity index (χ0) is 21.5. The summed E-state index contributed by atoms with van der Waals surface area (Å²) in [6.07, 6.45) is 1.04. The lowest BCUT2D eigenvalue weighted by Crippen LogP contribution is -2.07. The Morgan fingerprint density at radius 2 is 1.47 bits per heavy atom. The molecule has 0 bridgehead atoms. The van der Waals surface area contributed by atoms with E-state index in [0.29, 0.717) is 40.4 Å². The summed E-state index contributed by atoms with van der Waals surface area (Å²) < 4.78 is 44.4. The second kappa shape index (κ2) is 9.69. The summed E-state index contributed by atoms with van der Waals surface area (Å²) in [5.41, 5.74) is 1.72. The maximum atomic E-state index is 14.7. The molecule has 3 aromatic carbocycles. The predicted molar refractivity (Wildman–Crippen MR) is 110 cm³/mol. The molecule has 3 rings (SSSR count). The van der Waals surface area contributed by atoms with Crippen LogP contribution in [-0.4, -0.2) is 19.4 Å². The monoisotopic (exact) mass is 410 g/mol. The van der Waals surface area contributed by atoms with Gasteiger partial charge >= 0.3 is 5.97 Å². The van der Waals surface area contributed by atoms with Crippen molar-refractivity contribution in [3.05, 3.63) is 85.0 Å². The minimum absolute atomic E-state index is 0.249. The molecule has 0 aliphatic rings. The SMILES string of the molecule is C=CC(=O)OCOc1ccc(-c2ccc(-c3ccc(OCC)cc3F)cc2F)cc1. The predicted octanol–water partition coefficient (Wildman–Crippen LogP) is 5.76. The first-order valence-electron chi connectivity index (χ1n) is 9.26. The van der Waals surface area contributed by atoms with E-state index in [1.807, 2.05) is 6.92 Å². The van der Waals surface area contributed by atoms with E-state index in [9.17, 15) is 13.6 Å². The molecular formula is C24H20F2O4. The lowest BCUT2D eigenvalue weighted by molar-refractivity contribution is -0.144. The molecule has 0 saturated heterocycles. The Balaban J connectivity index is 1.75. The molecule has 30 heavy (non-hydrogen) atoms. The van der Waals surface area contributed by atoms with Crippen molar-refractivity contribution in [1.82, 2.24) is 0 Å². The Bertz CT molecular complexity index is 1050. The molecule has 154 valence electrons. The number of hydrogen-bond donors (Lipinski definition) is 0. The van der Waals surface area contributed by atoms with Crippen LogP contribution in [0.15, 0.2) is 73.3 Å². The van der Waals surface area contributed by atoms with Crippen LogP contribution in [0.5, 0.6) is 11.5 Å². The zero-order valence-corrected chi connectivity index (χ0v) is 16.4. The molecule has 0 aromatic heterocycles. The summed E-state index contributed by atoms with van der Waals surface area (Å²) in [5.74, 6) is -0.652. The average molecular weight is 410 g/mol. The highest BCUT2D eigenvalue weighted by Crippen LogP contribution is 2.31. The van der Waals surface area contributed by atoms with E-state index < -0.39 is 17.6 Å². The molecule has 0 aliphatic carbocycles. The van der Waals surface area contributed by atoms with Gasteiger partial charge in [-0.05, 0) is 48.4 Å². The first kappa shape index (κ1) is 21.0. The van der Waals surface area contributed by atoms with Crippen LogP contribution in [0.2, 0.25) is 0 Å². The van der Waals surface area contributed by atoms with Crippen LogP contribution in [0.3, 0.4) is 0 Å². The molecule has 0 aliphatic heterocycles. The van der Waals surface area contributed by atoms with Crippen LogP contribution in [0.1, 0.15) is 6.92 Å². The van der Waals surface area contributed by atoms with Gasteiger partial charge in [0.05, 0.1) is 6.61 Å². The summed E-state index contributed by atoms with van der Waals surface area (Å²) in [6, 6.07) is 15.7. The number of rotatable bonds is 8. The Hall–Kier alpha value is -3.67. The van der Waals surface area contributed by atoms with Crippen molar-refractivity contribution < 1.29 is 27.8 Å². The molecule has 0 amide bonds. The maximum absolute atomic E-state index is 14.7. The number of ether oxygens (including phenoxy) is 3. The summed E-state index contributed by atoms with van der Waals surface area (Å²) in [5, 5.41) is 0. The van der Waals surface area contributed by atoms with Crippen LogP contribution in [0, 0.1) is 11.6 Å². The van der Waals surface area contributed by atoms with Crippen molar-refractivity contribution in [2.45, 2.75) is 6.92 Å². The molecular weight excluding hydrogens is 390 g/mol. The molecule has 0 heterocycles. The van der Waals surface area contributed by atoms with Crippen molar-refractivity contribution in [3.63, 3.8) is 0 Å². The maximum Gasteiger partial charge on any atom is 0.333 e. The first-order chi connectivity index (χ1) is 14.5. The van der Waals surface area contributed by atoms with Crippen molar-refractivity contribution in [2.75, 3.05) is 13.4 Å². The van der Waals surface area contributed by atoms with Crippen LogP contribution < -0.4 is 9.47 Å². The van der Waals surface area contributed by atoms with Gasteiger partial charge in [-0.25, -0.2) is 13.6 Å². The molecule has 6 heteroatoms. The molecule has 0 unspecified atom stereocenters. The summed E-state index contributed by atoms with van der Waals surface area (Å²) in [7, 11) is 0. The third-order valence-corrected chi connectivity index (χ3v) is 4.29. The minimum atomic E-state index is -0.585. The number of carbonyl (C=O) groups excluding carboxylic acids is 1. The quantitative estimate of drug-likeness (QED) is 0.269. The van der Waals surface area contributed by atoms with Crippen molar-refractivity contribution in [1.29, 1.82) is 0 Å². The van der Waals surface area contributed by atoms with E-state index in [4.69, 9.17) is 14.2 Å². The Labute approximate surface area is 173 Å². The first-order valence-corrected chi connectivity index (χ1v) is 9.26. The normalized spacial score (nSPS) is 10.4. The van der Waals surface area contributed by atoms with Crippen LogP contribution in [-0.2, 0) is 9.53 Å². The van der Waals surface area contributed by atoms with Gasteiger partial charge in [0, 0.05) is 23.3 Å². The van der Waals surface area contributed by atoms with Gasteiger partial charge in [-0.3, -0.25) is 0 Å². The van der Waals surface area contributed by atoms with E-state index in [1.165, 1.54) is 12.1 Å². The standard InChI is InChI=1S/C24H20F2O4/c1-3-24(27)30-15-29-18-8-5-16(6-9-18)20-11-7-17(13-22(20)25)21-12-10-19(28-4-2)14-23(21)26/h3,5-14H,1,4,15H2,2H3. The molecule has 0 saturated carbocycles. The van der Waals surface area contributed by atoms with Crippen molar-refractivity contribution in [3.8, 4) is 33.8 Å². The highest BCUT2D eigenvalue weighted by molar-refractivity contribution is 5.81.